The fourth-order valence-electron chi connectivity index (χ4n) is 2.66. The molecule has 0 aromatic carbocycles. The molecule has 0 aliphatic rings. The minimum Gasteiger partial charge on any atom is -0.417 e. The molecule has 1 aromatic rings. The third kappa shape index (κ3) is 9.54. The zero-order valence-corrected chi connectivity index (χ0v) is 21.8. The van der Waals surface area contributed by atoms with Crippen LogP contribution in [0.3, 0.4) is 0 Å². The summed E-state index contributed by atoms with van der Waals surface area (Å²) in [5, 5.41) is 3.28. The van der Waals surface area contributed by atoms with Gasteiger partial charge in [0.15, 0.2) is 14.1 Å². The number of allylic oxidation sites excluding steroid dienone is 3. The second-order valence-corrected chi connectivity index (χ2v) is 15.7. The fourth-order valence-corrected chi connectivity index (χ4v) is 4.36. The molecule has 0 aliphatic heterocycles. The van der Waals surface area contributed by atoms with E-state index >= 15 is 0 Å². The highest BCUT2D eigenvalue weighted by molar-refractivity contribution is 7.09. The second kappa shape index (κ2) is 11.4. The summed E-state index contributed by atoms with van der Waals surface area (Å²) in [6.45, 7) is 20.6. The van der Waals surface area contributed by atoms with E-state index in [4.69, 9.17) is 4.43 Å². The molecule has 0 bridgehead atoms. The number of carbonyl (C=O) groups excluding carboxylic acids is 1. The molecule has 164 valence electrons. The third-order valence-electron chi connectivity index (χ3n) is 5.88. The summed E-state index contributed by atoms with van der Waals surface area (Å²) < 4.78 is 6.34. The lowest BCUT2D eigenvalue weighted by Crippen LogP contribution is -2.41. The smallest absolute Gasteiger partial charge is 0.191 e. The van der Waals surface area contributed by atoms with E-state index in [2.05, 4.69) is 58.8 Å². The fraction of sp³-hybridized carbons (Fsp3) is 0.667. The van der Waals surface area contributed by atoms with Crippen molar-refractivity contribution in [2.75, 3.05) is 6.61 Å². The molecular formula is C24H41NO2SSi. The highest BCUT2D eigenvalue weighted by atomic mass is 32.1. The molecule has 1 atom stereocenters. The molecular weight excluding hydrogens is 394 g/mol. The van der Waals surface area contributed by atoms with Gasteiger partial charge >= 0.3 is 0 Å². The number of thiazole rings is 1. The molecule has 0 amide bonds. The van der Waals surface area contributed by atoms with Crippen LogP contribution in [0.2, 0.25) is 18.1 Å². The molecule has 1 aromatic heterocycles. The van der Waals surface area contributed by atoms with Gasteiger partial charge in [0.05, 0.1) is 10.7 Å². The van der Waals surface area contributed by atoms with Crippen LogP contribution in [0.15, 0.2) is 22.6 Å². The molecule has 1 rings (SSSR count). The van der Waals surface area contributed by atoms with Gasteiger partial charge < -0.3 is 4.43 Å². The van der Waals surface area contributed by atoms with Crippen LogP contribution in [-0.4, -0.2) is 25.7 Å². The number of carbonyl (C=O) groups is 1. The van der Waals surface area contributed by atoms with Crippen molar-refractivity contribution in [1.82, 2.24) is 4.98 Å². The summed E-state index contributed by atoms with van der Waals surface area (Å²) in [6.07, 6.45) is 7.80. The standard InChI is InChI=1S/C24H41NO2SSi/c1-18(11-10-12-19(2)16-27-29(8,9)24(5,6)7)13-14-23(26)20(3)15-22-17-28-21(4)25-22/h13,15,17,19H,10-12,14,16H2,1-9H3/b18-13-,20-15+. The molecule has 5 heteroatoms. The van der Waals surface area contributed by atoms with Gasteiger partial charge in [-0.05, 0) is 75.7 Å². The molecule has 0 N–H and O–H groups in total. The molecule has 0 saturated carbocycles. The number of hydrogen-bond acceptors (Lipinski definition) is 4. The lowest BCUT2D eigenvalue weighted by molar-refractivity contribution is -0.114. The van der Waals surface area contributed by atoms with Crippen molar-refractivity contribution in [2.45, 2.75) is 92.3 Å². The van der Waals surface area contributed by atoms with Crippen LogP contribution >= 0.6 is 11.3 Å². The zero-order chi connectivity index (χ0) is 22.2. The Bertz CT molecular complexity index is 725. The van der Waals surface area contributed by atoms with E-state index in [9.17, 15) is 4.79 Å². The van der Waals surface area contributed by atoms with Gasteiger partial charge in [-0.15, -0.1) is 11.3 Å². The normalized spacial score (nSPS) is 14.9. The topological polar surface area (TPSA) is 39.2 Å². The summed E-state index contributed by atoms with van der Waals surface area (Å²) in [5.74, 6) is 0.747. The van der Waals surface area contributed by atoms with Gasteiger partial charge in [0.25, 0.3) is 0 Å². The number of hydrogen-bond donors (Lipinski definition) is 0. The number of Topliss-reactive ketones (excluding diaryl/α,β-unsaturated/α-hetero) is 1. The van der Waals surface area contributed by atoms with E-state index in [0.717, 1.165) is 42.1 Å². The van der Waals surface area contributed by atoms with Crippen molar-refractivity contribution >= 4 is 31.5 Å². The maximum atomic E-state index is 12.4. The van der Waals surface area contributed by atoms with Crippen LogP contribution in [0.5, 0.6) is 0 Å². The molecule has 0 aliphatic carbocycles. The first-order chi connectivity index (χ1) is 13.3. The Morgan fingerprint density at radius 3 is 2.52 bits per heavy atom. The monoisotopic (exact) mass is 435 g/mol. The van der Waals surface area contributed by atoms with Crippen LogP contribution in [0.4, 0.5) is 0 Å². The van der Waals surface area contributed by atoms with E-state index in [1.165, 1.54) is 5.57 Å². The number of ketones is 1. The number of nitrogens with zero attached hydrogens (tertiary/aromatic N) is 1. The van der Waals surface area contributed by atoms with Crippen LogP contribution < -0.4 is 0 Å². The Hall–Kier alpha value is -1.04. The van der Waals surface area contributed by atoms with E-state index in [0.29, 0.717) is 12.3 Å². The van der Waals surface area contributed by atoms with E-state index in [1.807, 2.05) is 25.3 Å². The predicted octanol–water partition coefficient (Wildman–Crippen LogP) is 7.59. The Kier molecular flexibility index (Phi) is 10.2. The maximum absolute atomic E-state index is 12.4. The van der Waals surface area contributed by atoms with Crippen LogP contribution in [-0.2, 0) is 9.22 Å². The first-order valence-electron chi connectivity index (χ1n) is 10.7. The first-order valence-corrected chi connectivity index (χ1v) is 14.5. The summed E-state index contributed by atoms with van der Waals surface area (Å²) in [6, 6.07) is 0. The lowest BCUT2D eigenvalue weighted by atomic mass is 10.0. The van der Waals surface area contributed by atoms with Crippen molar-refractivity contribution in [1.29, 1.82) is 0 Å². The molecule has 3 nitrogen and oxygen atoms in total. The quantitative estimate of drug-likeness (QED) is 0.204. The van der Waals surface area contributed by atoms with Gasteiger partial charge in [-0.1, -0.05) is 39.3 Å². The van der Waals surface area contributed by atoms with Crippen LogP contribution in [0.25, 0.3) is 6.08 Å². The zero-order valence-electron chi connectivity index (χ0n) is 20.0. The Morgan fingerprint density at radius 1 is 1.31 bits per heavy atom. The minimum absolute atomic E-state index is 0.172. The molecule has 1 unspecified atom stereocenters. The molecule has 29 heavy (non-hydrogen) atoms. The van der Waals surface area contributed by atoms with E-state index in [1.54, 1.807) is 11.3 Å². The van der Waals surface area contributed by atoms with Crippen molar-refractivity contribution in [3.8, 4) is 0 Å². The Morgan fingerprint density at radius 2 is 1.97 bits per heavy atom. The van der Waals surface area contributed by atoms with E-state index in [-0.39, 0.29) is 10.8 Å². The third-order valence-corrected chi connectivity index (χ3v) is 11.2. The maximum Gasteiger partial charge on any atom is 0.191 e. The van der Waals surface area contributed by atoms with Gasteiger partial charge in [0, 0.05) is 18.4 Å². The Balaban J connectivity index is 2.36. The molecule has 0 fully saturated rings. The van der Waals surface area contributed by atoms with Gasteiger partial charge in [-0.3, -0.25) is 4.79 Å². The minimum atomic E-state index is -1.65. The summed E-state index contributed by atoms with van der Waals surface area (Å²) in [4.78, 5) is 16.7. The van der Waals surface area contributed by atoms with Crippen LogP contribution in [0.1, 0.15) is 77.9 Å². The van der Waals surface area contributed by atoms with Crippen molar-refractivity contribution < 1.29 is 9.22 Å². The molecule has 0 radical (unpaired) electrons. The van der Waals surface area contributed by atoms with Crippen molar-refractivity contribution in [3.05, 3.63) is 33.3 Å². The molecule has 0 saturated heterocycles. The van der Waals surface area contributed by atoms with Gasteiger partial charge in [0.2, 0.25) is 0 Å². The second-order valence-electron chi connectivity index (χ2n) is 9.87. The SMILES string of the molecule is C/C(=C/CC(=O)/C(C)=C/c1csc(C)n1)CCCC(C)CO[Si](C)(C)C(C)(C)C. The first kappa shape index (κ1) is 26.0. The highest BCUT2D eigenvalue weighted by Crippen LogP contribution is 2.36. The number of aryl methyl sites for hydroxylation is 1. The summed E-state index contributed by atoms with van der Waals surface area (Å²) >= 11 is 1.61. The van der Waals surface area contributed by atoms with Gasteiger partial charge in [-0.2, -0.15) is 0 Å². The average molecular weight is 436 g/mol. The Labute approximate surface area is 183 Å². The van der Waals surface area contributed by atoms with Crippen LogP contribution in [0, 0.1) is 12.8 Å². The van der Waals surface area contributed by atoms with E-state index < -0.39 is 8.32 Å². The summed E-state index contributed by atoms with van der Waals surface area (Å²) in [7, 11) is -1.65. The lowest BCUT2D eigenvalue weighted by Gasteiger charge is -2.37. The number of aromatic nitrogens is 1. The average Bonchev–Trinajstić information content (AvgIpc) is 3.01. The summed E-state index contributed by atoms with van der Waals surface area (Å²) in [5.41, 5.74) is 2.96. The van der Waals surface area contributed by atoms with Crippen molar-refractivity contribution in [2.24, 2.45) is 5.92 Å². The molecule has 0 spiro atoms. The van der Waals surface area contributed by atoms with Gasteiger partial charge in [0.1, 0.15) is 0 Å². The highest BCUT2D eigenvalue weighted by Gasteiger charge is 2.37. The molecule has 1 heterocycles. The largest absolute Gasteiger partial charge is 0.417 e. The van der Waals surface area contributed by atoms with Gasteiger partial charge in [-0.25, -0.2) is 4.98 Å². The predicted molar refractivity (Wildman–Crippen MR) is 130 cm³/mol. The van der Waals surface area contributed by atoms with Crippen molar-refractivity contribution in [3.63, 3.8) is 0 Å². The number of rotatable bonds is 11.